The highest BCUT2D eigenvalue weighted by Crippen LogP contribution is 2.18. The van der Waals surface area contributed by atoms with Gasteiger partial charge in [0, 0.05) is 18.0 Å². The van der Waals surface area contributed by atoms with Crippen molar-refractivity contribution in [2.45, 2.75) is 19.9 Å². The Hall–Kier alpha value is -1.90. The lowest BCUT2D eigenvalue weighted by atomic mass is 10.2. The Labute approximate surface area is 100 Å². The van der Waals surface area contributed by atoms with Crippen molar-refractivity contribution in [1.29, 1.82) is 0 Å². The molecule has 0 aliphatic carbocycles. The van der Waals surface area contributed by atoms with Gasteiger partial charge >= 0.3 is 0 Å². The third-order valence-electron chi connectivity index (χ3n) is 2.49. The minimum atomic E-state index is -0.123. The van der Waals surface area contributed by atoms with E-state index in [0.29, 0.717) is 6.42 Å². The molecule has 0 N–H and O–H groups in total. The largest absolute Gasteiger partial charge is 0.324 e. The monoisotopic (exact) mass is 230 g/mol. The van der Waals surface area contributed by atoms with Crippen LogP contribution in [0.1, 0.15) is 13.3 Å². The second-order valence-corrected chi connectivity index (χ2v) is 3.80. The summed E-state index contributed by atoms with van der Waals surface area (Å²) in [5, 5.41) is 0. The predicted octanol–water partition coefficient (Wildman–Crippen LogP) is 3.81. The molecule has 2 rings (SSSR count). The van der Waals surface area contributed by atoms with Crippen LogP contribution >= 0.6 is 0 Å². The molecule has 0 aliphatic heterocycles. The fourth-order valence-corrected chi connectivity index (χ4v) is 1.73. The topological polar surface area (TPSA) is 17.8 Å². The van der Waals surface area contributed by atoms with E-state index in [1.54, 1.807) is 18.5 Å². The van der Waals surface area contributed by atoms with Gasteiger partial charge in [-0.3, -0.25) is 0 Å². The molecular formula is C14H15FN2. The SMILES string of the molecule is CCC=C(F)Cn1ccnc1-c1ccccc1. The van der Waals surface area contributed by atoms with Gasteiger partial charge in [0.25, 0.3) is 0 Å². The van der Waals surface area contributed by atoms with E-state index in [1.807, 2.05) is 41.8 Å². The lowest BCUT2D eigenvalue weighted by molar-refractivity contribution is 0.553. The molecule has 0 saturated heterocycles. The van der Waals surface area contributed by atoms with Gasteiger partial charge in [0.05, 0.1) is 6.54 Å². The van der Waals surface area contributed by atoms with Gasteiger partial charge in [-0.2, -0.15) is 0 Å². The van der Waals surface area contributed by atoms with E-state index in [1.165, 1.54) is 0 Å². The molecule has 1 aromatic carbocycles. The molecule has 1 heterocycles. The summed E-state index contributed by atoms with van der Waals surface area (Å²) in [5.41, 5.74) is 1.00. The van der Waals surface area contributed by atoms with Crippen molar-refractivity contribution in [2.24, 2.45) is 0 Å². The summed E-state index contributed by atoms with van der Waals surface area (Å²) in [5.74, 6) is 0.674. The molecule has 0 radical (unpaired) electrons. The maximum Gasteiger partial charge on any atom is 0.140 e. The number of allylic oxidation sites excluding steroid dienone is 2. The van der Waals surface area contributed by atoms with Crippen molar-refractivity contribution >= 4 is 0 Å². The minimum Gasteiger partial charge on any atom is -0.324 e. The van der Waals surface area contributed by atoms with E-state index in [-0.39, 0.29) is 12.4 Å². The van der Waals surface area contributed by atoms with Gasteiger partial charge in [-0.05, 0) is 6.42 Å². The van der Waals surface area contributed by atoms with Gasteiger partial charge in [0.1, 0.15) is 11.7 Å². The van der Waals surface area contributed by atoms with Crippen molar-refractivity contribution < 1.29 is 4.39 Å². The number of rotatable bonds is 4. The van der Waals surface area contributed by atoms with E-state index >= 15 is 0 Å². The zero-order valence-electron chi connectivity index (χ0n) is 9.81. The van der Waals surface area contributed by atoms with Crippen LogP contribution in [0.5, 0.6) is 0 Å². The van der Waals surface area contributed by atoms with Crippen LogP contribution in [-0.4, -0.2) is 9.55 Å². The molecule has 17 heavy (non-hydrogen) atoms. The smallest absolute Gasteiger partial charge is 0.140 e. The molecule has 0 unspecified atom stereocenters. The summed E-state index contributed by atoms with van der Waals surface area (Å²) < 4.78 is 15.3. The molecular weight excluding hydrogens is 215 g/mol. The number of halogens is 1. The lowest BCUT2D eigenvalue weighted by Gasteiger charge is -2.06. The molecule has 0 aliphatic rings. The van der Waals surface area contributed by atoms with Crippen molar-refractivity contribution in [3.8, 4) is 11.4 Å². The summed E-state index contributed by atoms with van der Waals surface area (Å²) in [6, 6.07) is 9.80. The molecule has 0 bridgehead atoms. The first kappa shape index (κ1) is 11.6. The second-order valence-electron chi connectivity index (χ2n) is 3.80. The third-order valence-corrected chi connectivity index (χ3v) is 2.49. The van der Waals surface area contributed by atoms with Crippen LogP contribution in [0, 0.1) is 0 Å². The average molecular weight is 230 g/mol. The van der Waals surface area contributed by atoms with Crippen molar-refractivity contribution in [1.82, 2.24) is 9.55 Å². The first-order valence-electron chi connectivity index (χ1n) is 5.72. The summed E-state index contributed by atoms with van der Waals surface area (Å²) in [7, 11) is 0. The van der Waals surface area contributed by atoms with Gasteiger partial charge in [0.2, 0.25) is 0 Å². The number of aromatic nitrogens is 2. The van der Waals surface area contributed by atoms with E-state index < -0.39 is 0 Å². The predicted molar refractivity (Wildman–Crippen MR) is 67.1 cm³/mol. The Morgan fingerprint density at radius 3 is 2.82 bits per heavy atom. The third kappa shape index (κ3) is 2.81. The van der Waals surface area contributed by atoms with Gasteiger partial charge in [0.15, 0.2) is 0 Å². The van der Waals surface area contributed by atoms with Crippen LogP contribution in [0.4, 0.5) is 4.39 Å². The van der Waals surface area contributed by atoms with E-state index in [4.69, 9.17) is 0 Å². The van der Waals surface area contributed by atoms with Crippen LogP contribution in [0.2, 0.25) is 0 Å². The standard InChI is InChI=1S/C14H15FN2/c1-2-6-13(15)11-17-10-9-16-14(17)12-7-4-3-5-8-12/h3-10H,2,11H2,1H3. The fourth-order valence-electron chi connectivity index (χ4n) is 1.73. The molecule has 2 aromatic rings. The molecule has 0 amide bonds. The molecule has 1 aromatic heterocycles. The van der Waals surface area contributed by atoms with Crippen LogP contribution in [0.3, 0.4) is 0 Å². The average Bonchev–Trinajstić information content (AvgIpc) is 2.78. The number of nitrogens with zero attached hydrogens (tertiary/aromatic N) is 2. The second kappa shape index (κ2) is 5.43. The zero-order chi connectivity index (χ0) is 12.1. The van der Waals surface area contributed by atoms with Crippen molar-refractivity contribution in [3.05, 3.63) is 54.6 Å². The van der Waals surface area contributed by atoms with Crippen LogP contribution in [-0.2, 0) is 6.54 Å². The molecule has 88 valence electrons. The summed E-state index contributed by atoms with van der Waals surface area (Å²) in [4.78, 5) is 4.27. The Kier molecular flexibility index (Phi) is 3.70. The Balaban J connectivity index is 2.27. The van der Waals surface area contributed by atoms with Gasteiger partial charge in [-0.15, -0.1) is 0 Å². The van der Waals surface area contributed by atoms with E-state index in [9.17, 15) is 4.39 Å². The number of hydrogen-bond donors (Lipinski definition) is 0. The maximum absolute atomic E-state index is 13.5. The fraction of sp³-hybridized carbons (Fsp3) is 0.214. The highest BCUT2D eigenvalue weighted by atomic mass is 19.1. The first-order chi connectivity index (χ1) is 8.31. The highest BCUT2D eigenvalue weighted by molar-refractivity contribution is 5.55. The molecule has 3 heteroatoms. The Morgan fingerprint density at radius 2 is 2.12 bits per heavy atom. The zero-order valence-corrected chi connectivity index (χ0v) is 9.81. The van der Waals surface area contributed by atoms with Crippen LogP contribution in [0.15, 0.2) is 54.6 Å². The molecule has 0 saturated carbocycles. The summed E-state index contributed by atoms with van der Waals surface area (Å²) in [6.45, 7) is 2.17. The summed E-state index contributed by atoms with van der Waals surface area (Å²) in [6.07, 6.45) is 5.79. The van der Waals surface area contributed by atoms with Crippen LogP contribution < -0.4 is 0 Å². The summed E-state index contributed by atoms with van der Waals surface area (Å²) >= 11 is 0. The maximum atomic E-state index is 13.5. The number of benzene rings is 1. The van der Waals surface area contributed by atoms with Gasteiger partial charge in [-0.25, -0.2) is 9.37 Å². The molecule has 0 spiro atoms. The Morgan fingerprint density at radius 1 is 1.35 bits per heavy atom. The number of imidazole rings is 1. The molecule has 2 nitrogen and oxygen atoms in total. The van der Waals surface area contributed by atoms with E-state index in [2.05, 4.69) is 4.98 Å². The molecule has 0 atom stereocenters. The van der Waals surface area contributed by atoms with Crippen molar-refractivity contribution in [3.63, 3.8) is 0 Å². The normalized spacial score (nSPS) is 11.8. The van der Waals surface area contributed by atoms with Gasteiger partial charge in [-0.1, -0.05) is 43.3 Å². The number of hydrogen-bond acceptors (Lipinski definition) is 1. The first-order valence-corrected chi connectivity index (χ1v) is 5.72. The quantitative estimate of drug-likeness (QED) is 0.780. The van der Waals surface area contributed by atoms with E-state index in [0.717, 1.165) is 11.4 Å². The van der Waals surface area contributed by atoms with Crippen molar-refractivity contribution in [2.75, 3.05) is 0 Å². The Bertz CT molecular complexity index is 500. The molecule has 0 fully saturated rings. The lowest BCUT2D eigenvalue weighted by Crippen LogP contribution is -2.00. The highest BCUT2D eigenvalue weighted by Gasteiger charge is 2.06. The van der Waals surface area contributed by atoms with Crippen LogP contribution in [0.25, 0.3) is 11.4 Å². The minimum absolute atomic E-state index is 0.123. The van der Waals surface area contributed by atoms with Gasteiger partial charge < -0.3 is 4.57 Å².